The Bertz CT molecular complexity index is 1120. The van der Waals surface area contributed by atoms with Gasteiger partial charge in [-0.15, -0.1) is 11.3 Å². The SMILES string of the molecule is CCOc1ccc(C2=Cc3cc(OC)c(OC)cc3C(C)(c3cccs3)O2)cc1OCC. The van der Waals surface area contributed by atoms with Crippen LogP contribution in [0.3, 0.4) is 0 Å². The molecule has 0 bridgehead atoms. The molecule has 0 saturated heterocycles. The summed E-state index contributed by atoms with van der Waals surface area (Å²) in [5.74, 6) is 3.53. The standard InChI is InChI=1S/C26H28O5S/c1-6-29-20-11-10-17(13-24(20)30-7-2)21-14-18-15-22(27-4)23(28-5)16-19(18)26(3,31-21)25-9-8-12-32-25/h8-16H,6-7H2,1-5H3. The van der Waals surface area contributed by atoms with Gasteiger partial charge in [-0.3, -0.25) is 0 Å². The van der Waals surface area contributed by atoms with Crippen molar-refractivity contribution in [3.63, 3.8) is 0 Å². The lowest BCUT2D eigenvalue weighted by molar-refractivity contribution is 0.0986. The van der Waals surface area contributed by atoms with E-state index >= 15 is 0 Å². The monoisotopic (exact) mass is 452 g/mol. The van der Waals surface area contributed by atoms with Crippen molar-refractivity contribution in [2.45, 2.75) is 26.4 Å². The van der Waals surface area contributed by atoms with E-state index in [0.717, 1.165) is 33.1 Å². The van der Waals surface area contributed by atoms with Crippen molar-refractivity contribution in [2.24, 2.45) is 0 Å². The average molecular weight is 453 g/mol. The lowest BCUT2D eigenvalue weighted by Crippen LogP contribution is -2.29. The zero-order valence-corrected chi connectivity index (χ0v) is 19.9. The van der Waals surface area contributed by atoms with Gasteiger partial charge in [-0.2, -0.15) is 0 Å². The summed E-state index contributed by atoms with van der Waals surface area (Å²) < 4.78 is 29.4. The minimum atomic E-state index is -0.683. The molecule has 0 amide bonds. The van der Waals surface area contributed by atoms with Crippen LogP contribution in [-0.2, 0) is 10.3 Å². The number of ether oxygens (including phenoxy) is 5. The molecule has 5 nitrogen and oxygen atoms in total. The van der Waals surface area contributed by atoms with Crippen molar-refractivity contribution in [2.75, 3.05) is 27.4 Å². The lowest BCUT2D eigenvalue weighted by atomic mass is 9.86. The predicted molar refractivity (Wildman–Crippen MR) is 128 cm³/mol. The molecule has 4 rings (SSSR count). The molecule has 6 heteroatoms. The van der Waals surface area contributed by atoms with Crippen molar-refractivity contribution in [1.29, 1.82) is 0 Å². The highest BCUT2D eigenvalue weighted by atomic mass is 32.1. The zero-order valence-electron chi connectivity index (χ0n) is 19.1. The summed E-state index contributed by atoms with van der Waals surface area (Å²) >= 11 is 1.66. The van der Waals surface area contributed by atoms with Crippen LogP contribution in [0.2, 0.25) is 0 Å². The normalized spacial score (nSPS) is 17.1. The third-order valence-electron chi connectivity index (χ3n) is 5.49. The summed E-state index contributed by atoms with van der Waals surface area (Å²) in [6, 6.07) is 14.0. The van der Waals surface area contributed by atoms with E-state index in [4.69, 9.17) is 23.7 Å². The molecule has 1 unspecified atom stereocenters. The van der Waals surface area contributed by atoms with Crippen LogP contribution >= 0.6 is 11.3 Å². The van der Waals surface area contributed by atoms with Gasteiger partial charge in [0.15, 0.2) is 28.6 Å². The van der Waals surface area contributed by atoms with Crippen molar-refractivity contribution >= 4 is 23.2 Å². The Morgan fingerprint density at radius 2 is 1.59 bits per heavy atom. The van der Waals surface area contributed by atoms with Crippen LogP contribution in [0.25, 0.3) is 11.8 Å². The molecule has 0 spiro atoms. The highest BCUT2D eigenvalue weighted by molar-refractivity contribution is 7.10. The smallest absolute Gasteiger partial charge is 0.166 e. The molecule has 168 valence electrons. The summed E-state index contributed by atoms with van der Waals surface area (Å²) in [6.07, 6.45) is 2.04. The highest BCUT2D eigenvalue weighted by Gasteiger charge is 2.39. The number of fused-ring (bicyclic) bond motifs is 1. The van der Waals surface area contributed by atoms with Gasteiger partial charge in [-0.05, 0) is 74.2 Å². The first-order valence-corrected chi connectivity index (χ1v) is 11.5. The second kappa shape index (κ2) is 9.17. The van der Waals surface area contributed by atoms with Gasteiger partial charge in [0.05, 0.1) is 32.3 Å². The molecule has 1 aromatic heterocycles. The molecule has 0 N–H and O–H groups in total. The Balaban J connectivity index is 1.88. The van der Waals surface area contributed by atoms with Gasteiger partial charge >= 0.3 is 0 Å². The molecule has 0 radical (unpaired) electrons. The Morgan fingerprint density at radius 1 is 0.875 bits per heavy atom. The van der Waals surface area contributed by atoms with E-state index < -0.39 is 5.60 Å². The van der Waals surface area contributed by atoms with Gasteiger partial charge in [0.1, 0.15) is 5.76 Å². The number of rotatable bonds is 8. The molecule has 32 heavy (non-hydrogen) atoms. The molecule has 1 atom stereocenters. The maximum Gasteiger partial charge on any atom is 0.166 e. The van der Waals surface area contributed by atoms with Crippen LogP contribution < -0.4 is 18.9 Å². The number of benzene rings is 2. The molecule has 0 saturated carbocycles. The topological polar surface area (TPSA) is 46.2 Å². The molecule has 0 fully saturated rings. The minimum Gasteiger partial charge on any atom is -0.493 e. The van der Waals surface area contributed by atoms with Gasteiger partial charge in [0.25, 0.3) is 0 Å². The largest absolute Gasteiger partial charge is 0.493 e. The maximum absolute atomic E-state index is 6.72. The first kappa shape index (κ1) is 22.1. The van der Waals surface area contributed by atoms with Crippen molar-refractivity contribution in [3.05, 3.63) is 69.4 Å². The van der Waals surface area contributed by atoms with Crippen LogP contribution in [0.5, 0.6) is 23.0 Å². The molecule has 3 aromatic rings. The fourth-order valence-electron chi connectivity index (χ4n) is 3.95. The summed E-state index contributed by atoms with van der Waals surface area (Å²) in [6.45, 7) is 7.14. The first-order chi connectivity index (χ1) is 15.5. The van der Waals surface area contributed by atoms with Crippen LogP contribution in [0.15, 0.2) is 47.8 Å². The van der Waals surface area contributed by atoms with Gasteiger partial charge in [0.2, 0.25) is 0 Å². The van der Waals surface area contributed by atoms with Gasteiger partial charge in [-0.1, -0.05) is 6.07 Å². The van der Waals surface area contributed by atoms with Crippen LogP contribution in [0.1, 0.15) is 42.3 Å². The summed E-state index contributed by atoms with van der Waals surface area (Å²) in [7, 11) is 3.29. The maximum atomic E-state index is 6.72. The van der Waals surface area contributed by atoms with E-state index in [1.165, 1.54) is 0 Å². The second-order valence-electron chi connectivity index (χ2n) is 7.44. The van der Waals surface area contributed by atoms with E-state index in [1.54, 1.807) is 25.6 Å². The average Bonchev–Trinajstić information content (AvgIpc) is 3.35. The molecule has 1 aliphatic rings. The minimum absolute atomic E-state index is 0.552. The van der Waals surface area contributed by atoms with Crippen molar-refractivity contribution in [1.82, 2.24) is 0 Å². The summed E-state index contributed by atoms with van der Waals surface area (Å²) in [5.41, 5.74) is 2.28. The number of methoxy groups -OCH3 is 2. The quantitative estimate of drug-likeness (QED) is 0.398. The van der Waals surface area contributed by atoms with Gasteiger partial charge in [0, 0.05) is 11.1 Å². The Morgan fingerprint density at radius 3 is 2.25 bits per heavy atom. The fourth-order valence-corrected chi connectivity index (χ4v) is 4.79. The molecular weight excluding hydrogens is 424 g/mol. The number of hydrogen-bond donors (Lipinski definition) is 0. The van der Waals surface area contributed by atoms with Crippen LogP contribution in [-0.4, -0.2) is 27.4 Å². The van der Waals surface area contributed by atoms with Crippen LogP contribution in [0.4, 0.5) is 0 Å². The summed E-state index contributed by atoms with van der Waals surface area (Å²) in [4.78, 5) is 1.10. The van der Waals surface area contributed by atoms with E-state index in [-0.39, 0.29) is 0 Å². The Hall–Kier alpha value is -3.12. The second-order valence-corrected chi connectivity index (χ2v) is 8.39. The molecule has 2 aromatic carbocycles. The third kappa shape index (κ3) is 3.91. The van der Waals surface area contributed by atoms with Gasteiger partial charge < -0.3 is 23.7 Å². The number of thiophene rings is 1. The fraction of sp³-hybridized carbons (Fsp3) is 0.308. The van der Waals surface area contributed by atoms with Crippen LogP contribution in [0, 0.1) is 0 Å². The van der Waals surface area contributed by atoms with E-state index in [0.29, 0.717) is 30.5 Å². The van der Waals surface area contributed by atoms with Crippen molar-refractivity contribution in [3.8, 4) is 23.0 Å². The molecular formula is C26H28O5S. The Kier molecular flexibility index (Phi) is 6.33. The van der Waals surface area contributed by atoms with E-state index in [2.05, 4.69) is 18.4 Å². The summed E-state index contributed by atoms with van der Waals surface area (Å²) in [5, 5.41) is 2.06. The first-order valence-electron chi connectivity index (χ1n) is 10.6. The van der Waals surface area contributed by atoms with E-state index in [1.807, 2.05) is 56.3 Å². The van der Waals surface area contributed by atoms with Crippen molar-refractivity contribution < 1.29 is 23.7 Å². The molecule has 0 aliphatic carbocycles. The molecule has 1 aliphatic heterocycles. The third-order valence-corrected chi connectivity index (χ3v) is 6.56. The van der Waals surface area contributed by atoms with E-state index in [9.17, 15) is 0 Å². The highest BCUT2D eigenvalue weighted by Crippen LogP contribution is 2.49. The number of hydrogen-bond acceptors (Lipinski definition) is 6. The predicted octanol–water partition coefficient (Wildman–Crippen LogP) is 6.35. The molecule has 2 heterocycles. The Labute approximate surface area is 193 Å². The van der Waals surface area contributed by atoms with Gasteiger partial charge in [-0.25, -0.2) is 0 Å². The lowest BCUT2D eigenvalue weighted by Gasteiger charge is -2.36. The zero-order chi connectivity index (χ0) is 22.7.